The van der Waals surface area contributed by atoms with Gasteiger partial charge in [0, 0.05) is 53.3 Å². The summed E-state index contributed by atoms with van der Waals surface area (Å²) >= 11 is 3.72. The summed E-state index contributed by atoms with van der Waals surface area (Å²) in [6.45, 7) is 1.86. The van der Waals surface area contributed by atoms with E-state index >= 15 is 0 Å². The average molecular weight is 436 g/mol. The van der Waals surface area contributed by atoms with Gasteiger partial charge in [-0.2, -0.15) is 11.8 Å². The number of amides is 1. The third-order valence-electron chi connectivity index (χ3n) is 5.02. The molecule has 3 aromatic rings. The quantitative estimate of drug-likeness (QED) is 0.523. The molecule has 0 bridgehead atoms. The van der Waals surface area contributed by atoms with Gasteiger partial charge in [-0.15, -0.1) is 11.8 Å². The van der Waals surface area contributed by atoms with Crippen LogP contribution in [0.15, 0.2) is 84.0 Å². The van der Waals surface area contributed by atoms with Crippen molar-refractivity contribution in [1.29, 1.82) is 0 Å². The predicted molar refractivity (Wildman–Crippen MR) is 127 cm³/mol. The van der Waals surface area contributed by atoms with Crippen LogP contribution in [0.3, 0.4) is 0 Å². The van der Waals surface area contributed by atoms with Crippen molar-refractivity contribution < 1.29 is 4.79 Å². The fourth-order valence-electron chi connectivity index (χ4n) is 3.49. The molecule has 4 rings (SSSR count). The number of nitrogens with zero attached hydrogens (tertiary/aromatic N) is 2. The molecule has 1 aliphatic heterocycles. The first-order valence-corrected chi connectivity index (χ1v) is 12.2. The van der Waals surface area contributed by atoms with Gasteiger partial charge in [-0.25, -0.2) is 0 Å². The lowest BCUT2D eigenvalue weighted by atomic mass is 10.0. The molecule has 30 heavy (non-hydrogen) atoms. The highest BCUT2D eigenvalue weighted by molar-refractivity contribution is 7.99. The van der Waals surface area contributed by atoms with Crippen molar-refractivity contribution in [1.82, 2.24) is 9.88 Å². The highest BCUT2D eigenvalue weighted by Gasteiger charge is 2.28. The Morgan fingerprint density at radius 3 is 2.50 bits per heavy atom. The third-order valence-corrected chi connectivity index (χ3v) is 7.05. The molecule has 1 saturated heterocycles. The van der Waals surface area contributed by atoms with Gasteiger partial charge in [0.2, 0.25) is 5.91 Å². The Hall–Kier alpha value is -2.28. The van der Waals surface area contributed by atoms with Crippen LogP contribution in [-0.4, -0.2) is 40.4 Å². The summed E-state index contributed by atoms with van der Waals surface area (Å²) in [6.07, 6.45) is 3.68. The van der Waals surface area contributed by atoms with Crippen molar-refractivity contribution in [3.63, 3.8) is 0 Å². The minimum atomic E-state index is -0.258. The monoisotopic (exact) mass is 435 g/mol. The van der Waals surface area contributed by atoms with Crippen molar-refractivity contribution in [3.8, 4) is 0 Å². The number of nitrogens with one attached hydrogen (secondary N) is 1. The molecule has 1 aliphatic rings. The molecule has 154 valence electrons. The number of thioether (sulfide) groups is 2. The molecule has 1 aromatic heterocycles. The van der Waals surface area contributed by atoms with Crippen molar-refractivity contribution in [3.05, 3.63) is 90.3 Å². The first-order chi connectivity index (χ1) is 14.8. The normalized spacial score (nSPS) is 15.5. The number of carbonyl (C=O) groups excluding carboxylic acids is 1. The maximum Gasteiger partial charge on any atom is 0.246 e. The van der Waals surface area contributed by atoms with E-state index in [9.17, 15) is 4.79 Å². The lowest BCUT2D eigenvalue weighted by molar-refractivity contribution is -0.121. The van der Waals surface area contributed by atoms with Crippen molar-refractivity contribution >= 4 is 35.1 Å². The lowest BCUT2D eigenvalue weighted by Gasteiger charge is -2.33. The second-order valence-corrected chi connectivity index (χ2v) is 9.40. The highest BCUT2D eigenvalue weighted by atomic mass is 32.2. The molecular formula is C24H25N3OS2. The molecule has 0 radical (unpaired) electrons. The molecule has 1 amide bonds. The minimum Gasteiger partial charge on any atom is -0.324 e. The van der Waals surface area contributed by atoms with Gasteiger partial charge in [-0.3, -0.25) is 14.7 Å². The SMILES string of the molecule is O=C(Nc1ccc(SCc2cccnc2)cc1)C(c1ccccc1)N1CCSCC1. The summed E-state index contributed by atoms with van der Waals surface area (Å²) in [7, 11) is 0. The maximum atomic E-state index is 13.2. The zero-order valence-corrected chi connectivity index (χ0v) is 18.4. The second kappa shape index (κ2) is 10.7. The molecule has 1 N–H and O–H groups in total. The Bertz CT molecular complexity index is 930. The fraction of sp³-hybridized carbons (Fsp3) is 0.250. The Morgan fingerprint density at radius 2 is 1.80 bits per heavy atom. The maximum absolute atomic E-state index is 13.2. The van der Waals surface area contributed by atoms with E-state index in [1.54, 1.807) is 18.0 Å². The molecule has 2 heterocycles. The van der Waals surface area contributed by atoms with E-state index in [0.717, 1.165) is 41.6 Å². The summed E-state index contributed by atoms with van der Waals surface area (Å²) in [5.74, 6) is 3.05. The van der Waals surface area contributed by atoms with Crippen LogP contribution in [0.1, 0.15) is 17.2 Å². The molecule has 0 spiro atoms. The minimum absolute atomic E-state index is 0.0314. The number of hydrogen-bond donors (Lipinski definition) is 1. The van der Waals surface area contributed by atoms with Crippen LogP contribution in [0.2, 0.25) is 0 Å². The largest absolute Gasteiger partial charge is 0.324 e. The summed E-state index contributed by atoms with van der Waals surface area (Å²) in [5.41, 5.74) is 3.08. The highest BCUT2D eigenvalue weighted by Crippen LogP contribution is 2.27. The Kier molecular flexibility index (Phi) is 7.45. The van der Waals surface area contributed by atoms with Crippen LogP contribution < -0.4 is 5.32 Å². The fourth-order valence-corrected chi connectivity index (χ4v) is 5.26. The second-order valence-electron chi connectivity index (χ2n) is 7.13. The molecule has 1 unspecified atom stereocenters. The zero-order valence-electron chi connectivity index (χ0n) is 16.7. The Morgan fingerprint density at radius 1 is 1.03 bits per heavy atom. The van der Waals surface area contributed by atoms with E-state index in [0.29, 0.717) is 0 Å². The van der Waals surface area contributed by atoms with E-state index < -0.39 is 0 Å². The van der Waals surface area contributed by atoms with Crippen molar-refractivity contribution in [2.75, 3.05) is 29.9 Å². The first-order valence-electron chi connectivity index (χ1n) is 10.1. The van der Waals surface area contributed by atoms with Gasteiger partial charge in [0.15, 0.2) is 0 Å². The molecule has 0 saturated carbocycles. The summed E-state index contributed by atoms with van der Waals surface area (Å²) in [5, 5.41) is 3.13. The Balaban J connectivity index is 1.41. The summed E-state index contributed by atoms with van der Waals surface area (Å²) in [6, 6.07) is 22.0. The van der Waals surface area contributed by atoms with Crippen LogP contribution in [0, 0.1) is 0 Å². The van der Waals surface area contributed by atoms with Crippen LogP contribution in [0.5, 0.6) is 0 Å². The number of hydrogen-bond acceptors (Lipinski definition) is 5. The van der Waals surface area contributed by atoms with Gasteiger partial charge < -0.3 is 5.32 Å². The van der Waals surface area contributed by atoms with E-state index in [1.165, 1.54) is 10.5 Å². The number of pyridine rings is 1. The number of anilines is 1. The molecule has 0 aliphatic carbocycles. The molecule has 2 aromatic carbocycles. The molecular weight excluding hydrogens is 410 g/mol. The van der Waals surface area contributed by atoms with Crippen molar-refractivity contribution in [2.45, 2.75) is 16.7 Å². The number of aromatic nitrogens is 1. The van der Waals surface area contributed by atoms with Gasteiger partial charge in [0.05, 0.1) is 0 Å². The molecule has 4 nitrogen and oxygen atoms in total. The number of benzene rings is 2. The zero-order chi connectivity index (χ0) is 20.6. The van der Waals surface area contributed by atoms with Crippen LogP contribution in [0.4, 0.5) is 5.69 Å². The van der Waals surface area contributed by atoms with Crippen LogP contribution in [-0.2, 0) is 10.5 Å². The topological polar surface area (TPSA) is 45.2 Å². The Labute approximate surface area is 186 Å². The standard InChI is InChI=1S/C24H25N3OS2/c28-24(23(20-6-2-1-3-7-20)27-13-15-29-16-14-27)26-21-8-10-22(11-9-21)30-18-19-5-4-12-25-17-19/h1-12,17,23H,13-16,18H2,(H,26,28). The van der Waals surface area contributed by atoms with E-state index in [2.05, 4.69) is 33.4 Å². The third kappa shape index (κ3) is 5.65. The lowest BCUT2D eigenvalue weighted by Crippen LogP contribution is -2.41. The van der Waals surface area contributed by atoms with Gasteiger partial charge in [0.25, 0.3) is 0 Å². The number of carbonyl (C=O) groups is 1. The molecule has 6 heteroatoms. The summed E-state index contributed by atoms with van der Waals surface area (Å²) in [4.78, 5) is 20.9. The van der Waals surface area contributed by atoms with E-state index in [-0.39, 0.29) is 11.9 Å². The molecule has 1 fully saturated rings. The summed E-state index contributed by atoms with van der Waals surface area (Å²) < 4.78 is 0. The first kappa shape index (κ1) is 21.0. The van der Waals surface area contributed by atoms with Gasteiger partial charge in [0.1, 0.15) is 6.04 Å². The van der Waals surface area contributed by atoms with Crippen molar-refractivity contribution in [2.24, 2.45) is 0 Å². The van der Waals surface area contributed by atoms with Crippen LogP contribution >= 0.6 is 23.5 Å². The predicted octanol–water partition coefficient (Wildman–Crippen LogP) is 5.10. The van der Waals surface area contributed by atoms with Gasteiger partial charge >= 0.3 is 0 Å². The van der Waals surface area contributed by atoms with Gasteiger partial charge in [-0.1, -0.05) is 36.4 Å². The smallest absolute Gasteiger partial charge is 0.246 e. The molecule has 1 atom stereocenters. The van der Waals surface area contributed by atoms with Crippen LogP contribution in [0.25, 0.3) is 0 Å². The van der Waals surface area contributed by atoms with E-state index in [1.807, 2.05) is 66.5 Å². The van der Waals surface area contributed by atoms with Gasteiger partial charge in [-0.05, 0) is 41.5 Å². The van der Waals surface area contributed by atoms with E-state index in [4.69, 9.17) is 0 Å². The average Bonchev–Trinajstić information content (AvgIpc) is 2.81. The number of rotatable bonds is 7.